The number of allylic oxidation sites excluding steroid dienone is 1. The largest absolute Gasteiger partial charge is 0.493 e. The van der Waals surface area contributed by atoms with Gasteiger partial charge in [-0.05, 0) is 24.6 Å². The van der Waals surface area contributed by atoms with E-state index in [1.54, 1.807) is 30.5 Å². The summed E-state index contributed by atoms with van der Waals surface area (Å²) in [7, 11) is 0. The summed E-state index contributed by atoms with van der Waals surface area (Å²) < 4.78 is 5.26. The lowest BCUT2D eigenvalue weighted by atomic mass is 10.0. The minimum atomic E-state index is -0.354. The van der Waals surface area contributed by atoms with Crippen molar-refractivity contribution in [3.63, 3.8) is 0 Å². The molecule has 0 bridgehead atoms. The van der Waals surface area contributed by atoms with Crippen LogP contribution < -0.4 is 4.87 Å². The lowest BCUT2D eigenvalue weighted by Gasteiger charge is -2.06. The van der Waals surface area contributed by atoms with Gasteiger partial charge in [-0.2, -0.15) is 0 Å². The Labute approximate surface area is 148 Å². The molecular weight excluding hydrogens is 340 g/mol. The van der Waals surface area contributed by atoms with Crippen LogP contribution in [-0.2, 0) is 4.74 Å². The average Bonchev–Trinajstić information content (AvgIpc) is 3.14. The highest BCUT2D eigenvalue weighted by atomic mass is 32.1. The molecule has 25 heavy (non-hydrogen) atoms. The number of unbranched alkanes of at least 4 members (excludes halogenated alkanes) is 2. The molecule has 2 heterocycles. The minimum Gasteiger partial charge on any atom is -0.493 e. The first kappa shape index (κ1) is 17.2. The molecule has 1 aromatic carbocycles. The van der Waals surface area contributed by atoms with Crippen LogP contribution in [0.4, 0.5) is 5.69 Å². The Hall–Kier alpha value is -2.67. The number of benzene rings is 1. The molecule has 0 saturated carbocycles. The number of thiazole rings is 1. The summed E-state index contributed by atoms with van der Waals surface area (Å²) in [6.07, 6.45) is 6.31. The van der Waals surface area contributed by atoms with Gasteiger partial charge in [0.2, 0.25) is 5.88 Å². The predicted octanol–water partition coefficient (Wildman–Crippen LogP) is 3.75. The minimum absolute atomic E-state index is 0.156. The molecule has 0 amide bonds. The summed E-state index contributed by atoms with van der Waals surface area (Å²) in [5, 5.41) is 9.68. The molecule has 2 aromatic rings. The molecule has 0 radical (unpaired) electrons. The van der Waals surface area contributed by atoms with E-state index >= 15 is 0 Å². The van der Waals surface area contributed by atoms with Gasteiger partial charge in [-0.3, -0.25) is 14.8 Å². The zero-order chi connectivity index (χ0) is 17.8. The number of carbonyl (C=O) groups excluding carboxylic acids is 1. The van der Waals surface area contributed by atoms with Crippen molar-refractivity contribution in [1.82, 2.24) is 4.98 Å². The summed E-state index contributed by atoms with van der Waals surface area (Å²) in [5.74, 6) is -0.510. The average molecular weight is 358 g/mol. The lowest BCUT2D eigenvalue weighted by molar-refractivity contribution is 0.0498. The number of carbonyl (C=O) groups is 1. The van der Waals surface area contributed by atoms with Crippen LogP contribution in [-0.4, -0.2) is 28.9 Å². The van der Waals surface area contributed by atoms with E-state index in [0.29, 0.717) is 22.7 Å². The number of ether oxygens (including phenoxy) is 1. The summed E-state index contributed by atoms with van der Waals surface area (Å²) in [5.41, 5.74) is 2.73. The molecule has 0 aliphatic carbocycles. The molecule has 2 N–H and O–H groups in total. The number of aromatic nitrogens is 1. The number of aromatic hydroxyl groups is 1. The fourth-order valence-electron chi connectivity index (χ4n) is 2.50. The second kappa shape index (κ2) is 7.48. The fourth-order valence-corrected chi connectivity index (χ4v) is 3.19. The Bertz CT molecular complexity index is 908. The molecule has 130 valence electrons. The van der Waals surface area contributed by atoms with Gasteiger partial charge in [0.1, 0.15) is 0 Å². The van der Waals surface area contributed by atoms with E-state index in [-0.39, 0.29) is 16.7 Å². The van der Waals surface area contributed by atoms with Gasteiger partial charge in [0.25, 0.3) is 0 Å². The smallest absolute Gasteiger partial charge is 0.338 e. The third-order valence-corrected chi connectivity index (χ3v) is 4.63. The Morgan fingerprint density at radius 1 is 1.40 bits per heavy atom. The standard InChI is InChI=1S/C18H18N2O4S/c1-2-3-4-7-24-17(22)11-5-6-13-12(10-19-14(13)8-11)9-15-16(21)20-18(23)25-15/h5-6,8-10,21H,2-4,7H2,1H3,(H,20,23)/b12-9+. The van der Waals surface area contributed by atoms with Crippen LogP contribution in [0.2, 0.25) is 0 Å². The van der Waals surface area contributed by atoms with Crippen LogP contribution in [0, 0.1) is 0 Å². The van der Waals surface area contributed by atoms with Crippen LogP contribution in [0.25, 0.3) is 11.6 Å². The second-order valence-corrected chi connectivity index (χ2v) is 6.67. The number of nitrogens with one attached hydrogen (secondary N) is 1. The molecule has 0 atom stereocenters. The van der Waals surface area contributed by atoms with Gasteiger partial charge in [0.05, 0.1) is 22.7 Å². The molecule has 1 aliphatic heterocycles. The van der Waals surface area contributed by atoms with Crippen molar-refractivity contribution in [1.29, 1.82) is 0 Å². The summed E-state index contributed by atoms with van der Waals surface area (Å²) in [6.45, 7) is 2.52. The van der Waals surface area contributed by atoms with Crippen molar-refractivity contribution >= 4 is 40.9 Å². The molecule has 0 saturated heterocycles. The fraction of sp³-hybridized carbons (Fsp3) is 0.278. The first-order valence-corrected chi connectivity index (χ1v) is 8.89. The zero-order valence-corrected chi connectivity index (χ0v) is 14.6. The van der Waals surface area contributed by atoms with E-state index in [1.165, 1.54) is 0 Å². The van der Waals surface area contributed by atoms with Crippen molar-refractivity contribution in [3.05, 3.63) is 43.9 Å². The van der Waals surface area contributed by atoms with E-state index in [2.05, 4.69) is 16.9 Å². The Morgan fingerprint density at radius 3 is 2.96 bits per heavy atom. The number of fused-ring (bicyclic) bond motifs is 1. The van der Waals surface area contributed by atoms with Crippen molar-refractivity contribution in [2.75, 3.05) is 6.61 Å². The van der Waals surface area contributed by atoms with Crippen molar-refractivity contribution in [3.8, 4) is 5.88 Å². The van der Waals surface area contributed by atoms with Crippen molar-refractivity contribution < 1.29 is 14.6 Å². The third-order valence-electron chi connectivity index (χ3n) is 3.81. The number of nitrogens with zero attached hydrogens (tertiary/aromatic N) is 1. The first-order chi connectivity index (χ1) is 12.1. The maximum atomic E-state index is 12.1. The molecule has 1 aromatic heterocycles. The maximum absolute atomic E-state index is 12.1. The topological polar surface area (TPSA) is 91.8 Å². The maximum Gasteiger partial charge on any atom is 0.338 e. The monoisotopic (exact) mass is 358 g/mol. The second-order valence-electron chi connectivity index (χ2n) is 5.66. The molecular formula is C18H18N2O4S. The van der Waals surface area contributed by atoms with Crippen LogP contribution >= 0.6 is 11.3 Å². The highest BCUT2D eigenvalue weighted by Gasteiger charge is 2.17. The zero-order valence-electron chi connectivity index (χ0n) is 13.7. The van der Waals surface area contributed by atoms with Gasteiger partial charge < -0.3 is 9.84 Å². The third kappa shape index (κ3) is 3.88. The molecule has 3 rings (SSSR count). The van der Waals surface area contributed by atoms with Crippen LogP contribution in [0.5, 0.6) is 5.88 Å². The number of rotatable bonds is 6. The van der Waals surface area contributed by atoms with Gasteiger partial charge in [-0.15, -0.1) is 0 Å². The van der Waals surface area contributed by atoms with E-state index < -0.39 is 0 Å². The SMILES string of the molecule is CCCCCOC(=O)c1ccc2c(c1)N=C/C2=C\c1sc(=O)[nH]c1O. The van der Waals surface area contributed by atoms with E-state index in [4.69, 9.17) is 4.74 Å². The number of hydrogen-bond acceptors (Lipinski definition) is 6. The Balaban J connectivity index is 1.77. The number of aromatic amines is 1. The molecule has 1 aliphatic rings. The quantitative estimate of drug-likeness (QED) is 0.608. The van der Waals surface area contributed by atoms with Crippen molar-refractivity contribution in [2.45, 2.75) is 26.2 Å². The van der Waals surface area contributed by atoms with Crippen LogP contribution in [0.3, 0.4) is 0 Å². The molecule has 0 fully saturated rings. The number of H-pyrrole nitrogens is 1. The molecule has 0 unspecified atom stereocenters. The highest BCUT2D eigenvalue weighted by Crippen LogP contribution is 2.34. The highest BCUT2D eigenvalue weighted by molar-refractivity contribution is 7.10. The lowest BCUT2D eigenvalue weighted by Crippen LogP contribution is -2.06. The van der Waals surface area contributed by atoms with Gasteiger partial charge in [-0.1, -0.05) is 37.2 Å². The molecule has 7 heteroatoms. The van der Waals surface area contributed by atoms with Gasteiger partial charge in [0.15, 0.2) is 0 Å². The number of hydrogen-bond donors (Lipinski definition) is 2. The van der Waals surface area contributed by atoms with E-state index in [1.807, 2.05) is 0 Å². The summed E-state index contributed by atoms with van der Waals surface area (Å²) in [4.78, 5) is 30.1. The normalized spacial score (nSPS) is 14.0. The number of aliphatic imine (C=N–C) groups is 1. The summed E-state index contributed by atoms with van der Waals surface area (Å²) >= 11 is 0.924. The number of esters is 1. The van der Waals surface area contributed by atoms with Crippen molar-refractivity contribution in [2.24, 2.45) is 4.99 Å². The first-order valence-electron chi connectivity index (χ1n) is 8.08. The predicted molar refractivity (Wildman–Crippen MR) is 98.9 cm³/mol. The molecule has 6 nitrogen and oxygen atoms in total. The van der Waals surface area contributed by atoms with Crippen LogP contribution in [0.1, 0.15) is 47.0 Å². The molecule has 0 spiro atoms. The van der Waals surface area contributed by atoms with E-state index in [9.17, 15) is 14.7 Å². The Morgan fingerprint density at radius 2 is 2.24 bits per heavy atom. The Kier molecular flexibility index (Phi) is 5.14. The van der Waals surface area contributed by atoms with Gasteiger partial charge >= 0.3 is 10.8 Å². The summed E-state index contributed by atoms with van der Waals surface area (Å²) in [6, 6.07) is 5.18. The van der Waals surface area contributed by atoms with Gasteiger partial charge in [0, 0.05) is 17.4 Å². The van der Waals surface area contributed by atoms with E-state index in [0.717, 1.165) is 41.7 Å². The van der Waals surface area contributed by atoms with Crippen LogP contribution in [0.15, 0.2) is 28.0 Å². The van der Waals surface area contributed by atoms with Gasteiger partial charge in [-0.25, -0.2) is 4.79 Å².